The molecule has 2 rings (SSSR count). The van der Waals surface area contributed by atoms with Crippen LogP contribution in [0.15, 0.2) is 59.5 Å². The number of halogens is 1. The Morgan fingerprint density at radius 2 is 1.69 bits per heavy atom. The number of aromatic carboxylic acids is 1. The highest BCUT2D eigenvalue weighted by Crippen LogP contribution is 2.23. The molecule has 0 bridgehead atoms. The zero-order valence-corrected chi connectivity index (χ0v) is 16.3. The number of anilines is 2. The van der Waals surface area contributed by atoms with E-state index < -0.39 is 17.8 Å². The molecule has 2 amide bonds. The third-order valence-corrected chi connectivity index (χ3v) is 4.65. The second kappa shape index (κ2) is 10.3. The number of carbonyl (C=O) groups is 4. The van der Waals surface area contributed by atoms with Crippen LogP contribution in [0.1, 0.15) is 10.4 Å². The summed E-state index contributed by atoms with van der Waals surface area (Å²) >= 11 is 7.00. The maximum Gasteiger partial charge on any atom is 0.337 e. The summed E-state index contributed by atoms with van der Waals surface area (Å²) in [7, 11) is 0. The van der Waals surface area contributed by atoms with Gasteiger partial charge < -0.3 is 20.8 Å². The number of hydrogen-bond donors (Lipinski definition) is 4. The van der Waals surface area contributed by atoms with Crippen LogP contribution < -0.4 is 10.6 Å². The molecule has 29 heavy (non-hydrogen) atoms. The Morgan fingerprint density at radius 3 is 2.38 bits per heavy atom. The molecule has 0 atom stereocenters. The van der Waals surface area contributed by atoms with E-state index in [-0.39, 0.29) is 22.2 Å². The van der Waals surface area contributed by atoms with Crippen molar-refractivity contribution in [3.05, 3.63) is 65.2 Å². The molecule has 2 aromatic rings. The predicted molar refractivity (Wildman–Crippen MR) is 110 cm³/mol. The third kappa shape index (κ3) is 7.32. The van der Waals surface area contributed by atoms with Gasteiger partial charge in [-0.25, -0.2) is 9.59 Å². The Labute approximate surface area is 174 Å². The van der Waals surface area contributed by atoms with Crippen molar-refractivity contribution in [2.45, 2.75) is 4.90 Å². The monoisotopic (exact) mass is 434 g/mol. The molecule has 8 nitrogen and oxygen atoms in total. The van der Waals surface area contributed by atoms with E-state index in [9.17, 15) is 19.2 Å². The molecule has 0 unspecified atom stereocenters. The van der Waals surface area contributed by atoms with Crippen molar-refractivity contribution >= 4 is 58.5 Å². The number of thioether (sulfide) groups is 1. The molecule has 0 aliphatic carbocycles. The van der Waals surface area contributed by atoms with E-state index in [0.29, 0.717) is 16.3 Å². The number of carbonyl (C=O) groups excluding carboxylic acids is 2. The summed E-state index contributed by atoms with van der Waals surface area (Å²) in [5.74, 6) is -3.33. The number of hydrogen-bond acceptors (Lipinski definition) is 5. The van der Waals surface area contributed by atoms with Gasteiger partial charge in [0.2, 0.25) is 11.8 Å². The highest BCUT2D eigenvalue weighted by atomic mass is 35.5. The molecular weight excluding hydrogens is 420 g/mol. The van der Waals surface area contributed by atoms with Gasteiger partial charge in [0, 0.05) is 28.4 Å². The minimum absolute atomic E-state index is 0.0430. The number of benzene rings is 2. The zero-order valence-electron chi connectivity index (χ0n) is 14.7. The van der Waals surface area contributed by atoms with Gasteiger partial charge in [-0.3, -0.25) is 9.59 Å². The number of aliphatic carboxylic acids is 1. The van der Waals surface area contributed by atoms with Gasteiger partial charge in [0.15, 0.2) is 0 Å². The first kappa shape index (κ1) is 22.0. The van der Waals surface area contributed by atoms with Gasteiger partial charge in [0.1, 0.15) is 0 Å². The van der Waals surface area contributed by atoms with E-state index in [1.807, 2.05) is 0 Å². The van der Waals surface area contributed by atoms with E-state index in [1.165, 1.54) is 30.0 Å². The molecule has 0 spiro atoms. The molecule has 0 aromatic heterocycles. The van der Waals surface area contributed by atoms with Crippen molar-refractivity contribution in [1.29, 1.82) is 0 Å². The first-order valence-electron chi connectivity index (χ1n) is 8.02. The van der Waals surface area contributed by atoms with Crippen LogP contribution in [-0.4, -0.2) is 39.7 Å². The predicted octanol–water partition coefficient (Wildman–Crippen LogP) is 3.35. The average Bonchev–Trinajstić information content (AvgIpc) is 2.66. The average molecular weight is 435 g/mol. The zero-order chi connectivity index (χ0) is 21.4. The fourth-order valence-corrected chi connectivity index (χ4v) is 3.06. The molecule has 150 valence electrons. The maximum atomic E-state index is 12.1. The molecule has 0 saturated heterocycles. The summed E-state index contributed by atoms with van der Waals surface area (Å²) in [6.45, 7) is 0. The van der Waals surface area contributed by atoms with E-state index >= 15 is 0 Å². The SMILES string of the molecule is O=C(O)/C=C/C(=O)Nc1cccc(SCC(=O)Nc2ccc(Cl)c(C(=O)O)c2)c1. The summed E-state index contributed by atoms with van der Waals surface area (Å²) < 4.78 is 0. The van der Waals surface area contributed by atoms with Crippen molar-refractivity contribution in [2.24, 2.45) is 0 Å². The minimum Gasteiger partial charge on any atom is -0.478 e. The molecule has 0 saturated carbocycles. The molecule has 0 radical (unpaired) electrons. The van der Waals surface area contributed by atoms with Crippen LogP contribution in [-0.2, 0) is 14.4 Å². The second-order valence-corrected chi connectivity index (χ2v) is 6.98. The molecule has 0 aliphatic heterocycles. The summed E-state index contributed by atoms with van der Waals surface area (Å²) in [5.41, 5.74) is 0.639. The van der Waals surface area contributed by atoms with Crippen LogP contribution >= 0.6 is 23.4 Å². The lowest BCUT2D eigenvalue weighted by Gasteiger charge is -2.08. The molecule has 10 heteroatoms. The van der Waals surface area contributed by atoms with E-state index in [4.69, 9.17) is 21.8 Å². The van der Waals surface area contributed by atoms with Gasteiger partial charge in [-0.05, 0) is 36.4 Å². The van der Waals surface area contributed by atoms with Gasteiger partial charge in [0.05, 0.1) is 16.3 Å². The molecule has 0 aliphatic rings. The van der Waals surface area contributed by atoms with Crippen molar-refractivity contribution in [3.63, 3.8) is 0 Å². The number of rotatable bonds is 8. The summed E-state index contributed by atoms with van der Waals surface area (Å²) in [6, 6.07) is 10.8. The van der Waals surface area contributed by atoms with E-state index in [0.717, 1.165) is 12.2 Å². The quantitative estimate of drug-likeness (QED) is 0.370. The van der Waals surface area contributed by atoms with Gasteiger partial charge in [-0.15, -0.1) is 11.8 Å². The summed E-state index contributed by atoms with van der Waals surface area (Å²) in [6.07, 6.45) is 1.62. The summed E-state index contributed by atoms with van der Waals surface area (Å²) in [4.78, 5) is 45.9. The molecule has 0 heterocycles. The fourth-order valence-electron chi connectivity index (χ4n) is 2.11. The first-order chi connectivity index (χ1) is 13.7. The van der Waals surface area contributed by atoms with Crippen LogP contribution in [0.4, 0.5) is 11.4 Å². The smallest absolute Gasteiger partial charge is 0.337 e. The lowest BCUT2D eigenvalue weighted by Crippen LogP contribution is -2.14. The lowest BCUT2D eigenvalue weighted by molar-refractivity contribution is -0.131. The van der Waals surface area contributed by atoms with Crippen LogP contribution in [0.25, 0.3) is 0 Å². The molecular formula is C19H15ClN2O6S. The molecule has 0 fully saturated rings. The van der Waals surface area contributed by atoms with Crippen LogP contribution in [0.3, 0.4) is 0 Å². The molecule has 4 N–H and O–H groups in total. The minimum atomic E-state index is -1.23. The Hall–Kier alpha value is -3.30. The van der Waals surface area contributed by atoms with Crippen LogP contribution in [0, 0.1) is 0 Å². The Bertz CT molecular complexity index is 992. The first-order valence-corrected chi connectivity index (χ1v) is 9.38. The van der Waals surface area contributed by atoms with E-state index in [1.54, 1.807) is 24.3 Å². The van der Waals surface area contributed by atoms with Crippen molar-refractivity contribution in [1.82, 2.24) is 0 Å². The van der Waals surface area contributed by atoms with Crippen molar-refractivity contribution in [3.8, 4) is 0 Å². The van der Waals surface area contributed by atoms with Gasteiger partial charge in [-0.1, -0.05) is 17.7 Å². The van der Waals surface area contributed by atoms with Crippen molar-refractivity contribution in [2.75, 3.05) is 16.4 Å². The third-order valence-electron chi connectivity index (χ3n) is 3.33. The number of nitrogens with one attached hydrogen (secondary N) is 2. The number of amides is 2. The standard InChI is InChI=1S/C19H15ClN2O6S/c20-15-5-4-12(9-14(15)19(27)28)22-17(24)10-29-13-3-1-2-11(8-13)21-16(23)6-7-18(25)26/h1-9H,10H2,(H,21,23)(H,22,24)(H,25,26)(H,27,28)/b7-6+. The number of carboxylic acids is 2. The lowest BCUT2D eigenvalue weighted by atomic mass is 10.2. The Morgan fingerprint density at radius 1 is 0.966 bits per heavy atom. The van der Waals surface area contributed by atoms with Gasteiger partial charge in [-0.2, -0.15) is 0 Å². The van der Waals surface area contributed by atoms with Gasteiger partial charge in [0.25, 0.3) is 0 Å². The second-order valence-electron chi connectivity index (χ2n) is 5.53. The Kier molecular flexibility index (Phi) is 7.81. The molecule has 2 aromatic carbocycles. The Balaban J connectivity index is 1.93. The topological polar surface area (TPSA) is 133 Å². The highest BCUT2D eigenvalue weighted by molar-refractivity contribution is 8.00. The number of carboxylic acid groups (broad SMARTS) is 2. The van der Waals surface area contributed by atoms with Crippen LogP contribution in [0.2, 0.25) is 5.02 Å². The largest absolute Gasteiger partial charge is 0.478 e. The summed E-state index contributed by atoms with van der Waals surface area (Å²) in [5, 5.41) is 22.8. The maximum absolute atomic E-state index is 12.1. The van der Waals surface area contributed by atoms with E-state index in [2.05, 4.69) is 10.6 Å². The normalized spacial score (nSPS) is 10.5. The van der Waals surface area contributed by atoms with Gasteiger partial charge >= 0.3 is 11.9 Å². The fraction of sp³-hybridized carbons (Fsp3) is 0.0526. The van der Waals surface area contributed by atoms with Crippen LogP contribution in [0.5, 0.6) is 0 Å². The van der Waals surface area contributed by atoms with Crippen molar-refractivity contribution < 1.29 is 29.4 Å². The highest BCUT2D eigenvalue weighted by Gasteiger charge is 2.11.